The lowest BCUT2D eigenvalue weighted by molar-refractivity contribution is 0.0505. The molecule has 0 bridgehead atoms. The average molecular weight is 461 g/mol. The molecule has 0 radical (unpaired) electrons. The monoisotopic (exact) mass is 460 g/mol. The van der Waals surface area contributed by atoms with Crippen molar-refractivity contribution in [3.63, 3.8) is 0 Å². The first kappa shape index (κ1) is 24.7. The quantitative estimate of drug-likeness (QED) is 0.355. The van der Waals surface area contributed by atoms with Crippen molar-refractivity contribution >= 4 is 68.5 Å². The number of ether oxygens (including phenoxy) is 2. The third kappa shape index (κ3) is 6.91. The van der Waals surface area contributed by atoms with Gasteiger partial charge in [-0.1, -0.05) is 48.0 Å². The smallest absolute Gasteiger partial charge is 0.339 e. The van der Waals surface area contributed by atoms with Gasteiger partial charge in [-0.3, -0.25) is 0 Å². The van der Waals surface area contributed by atoms with Crippen molar-refractivity contribution in [2.45, 2.75) is 23.6 Å². The summed E-state index contributed by atoms with van der Waals surface area (Å²) in [6.45, 7) is 3.94. The summed E-state index contributed by atoms with van der Waals surface area (Å²) in [7, 11) is 7.24. The molecule has 0 N–H and O–H groups in total. The van der Waals surface area contributed by atoms with Crippen LogP contribution in [0.15, 0.2) is 21.9 Å². The van der Waals surface area contributed by atoms with Crippen LogP contribution < -0.4 is 0 Å². The largest absolute Gasteiger partial charge is 0.462 e. The Kier molecular flexibility index (Phi) is 10.2. The summed E-state index contributed by atoms with van der Waals surface area (Å²) in [5.41, 5.74) is 0.654. The van der Waals surface area contributed by atoms with Gasteiger partial charge < -0.3 is 19.3 Å². The van der Waals surface area contributed by atoms with E-state index >= 15 is 0 Å². The Hall–Kier alpha value is -1.36. The highest BCUT2D eigenvalue weighted by molar-refractivity contribution is 8.23. The van der Waals surface area contributed by atoms with Gasteiger partial charge in [0.15, 0.2) is 0 Å². The van der Waals surface area contributed by atoms with E-state index in [1.807, 2.05) is 28.2 Å². The molecule has 0 heterocycles. The van der Waals surface area contributed by atoms with Gasteiger partial charge >= 0.3 is 11.9 Å². The first-order valence-electron chi connectivity index (χ1n) is 8.42. The van der Waals surface area contributed by atoms with Crippen molar-refractivity contribution in [1.29, 1.82) is 0 Å². The summed E-state index contributed by atoms with van der Waals surface area (Å²) in [6, 6.07) is 3.23. The first-order valence-corrected chi connectivity index (χ1v) is 10.9. The molecule has 1 rings (SSSR count). The molecule has 0 aliphatic carbocycles. The molecule has 0 aliphatic rings. The number of hydrogen-bond donors (Lipinski definition) is 0. The van der Waals surface area contributed by atoms with Crippen LogP contribution in [0, 0.1) is 0 Å². The Balaban J connectivity index is 3.56. The molecule has 10 heteroatoms. The highest BCUT2D eigenvalue weighted by Gasteiger charge is 2.24. The van der Waals surface area contributed by atoms with Crippen LogP contribution in [0.3, 0.4) is 0 Å². The van der Waals surface area contributed by atoms with Gasteiger partial charge in [0.05, 0.1) is 24.3 Å². The van der Waals surface area contributed by atoms with Crippen molar-refractivity contribution in [2.75, 3.05) is 41.4 Å². The average Bonchev–Trinajstić information content (AvgIpc) is 2.62. The van der Waals surface area contributed by atoms with Gasteiger partial charge in [-0.15, -0.1) is 0 Å². The van der Waals surface area contributed by atoms with Crippen LogP contribution in [-0.4, -0.2) is 71.8 Å². The van der Waals surface area contributed by atoms with Gasteiger partial charge in [-0.05, 0) is 26.0 Å². The molecule has 0 amide bonds. The Morgan fingerprint density at radius 3 is 1.39 bits per heavy atom. The van der Waals surface area contributed by atoms with Crippen LogP contribution >= 0.6 is 48.0 Å². The fraction of sp³-hybridized carbons (Fsp3) is 0.444. The number of rotatable bonds is 6. The van der Waals surface area contributed by atoms with Crippen LogP contribution in [0.2, 0.25) is 0 Å². The van der Waals surface area contributed by atoms with Crippen LogP contribution in [0.1, 0.15) is 34.6 Å². The second-order valence-electron chi connectivity index (χ2n) is 5.81. The molecule has 0 saturated heterocycles. The number of nitrogens with zero attached hydrogens (tertiary/aromatic N) is 2. The van der Waals surface area contributed by atoms with E-state index in [1.54, 1.807) is 35.8 Å². The number of carbonyl (C=O) groups is 2. The zero-order valence-electron chi connectivity index (χ0n) is 16.7. The zero-order valence-corrected chi connectivity index (χ0v) is 20.0. The van der Waals surface area contributed by atoms with Crippen molar-refractivity contribution in [3.8, 4) is 0 Å². The third-order valence-electron chi connectivity index (χ3n) is 3.20. The highest BCUT2D eigenvalue weighted by atomic mass is 32.2. The van der Waals surface area contributed by atoms with Gasteiger partial charge in [0.1, 0.15) is 8.64 Å². The molecule has 28 heavy (non-hydrogen) atoms. The Morgan fingerprint density at radius 1 is 0.821 bits per heavy atom. The lowest BCUT2D eigenvalue weighted by Crippen LogP contribution is -2.18. The standard InChI is InChI=1S/C18H24N2O4S4/c1-7-23-15(21)11-9-14(28-18(26)20(5)6)12(16(22)24-8-2)10-13(11)27-17(25)19(3)4/h9-10H,7-8H2,1-6H3. The maximum Gasteiger partial charge on any atom is 0.339 e. The van der Waals surface area contributed by atoms with Crippen molar-refractivity contribution in [2.24, 2.45) is 0 Å². The molecule has 1 aromatic rings. The van der Waals surface area contributed by atoms with Crippen LogP contribution in [-0.2, 0) is 9.47 Å². The molecule has 0 saturated carbocycles. The van der Waals surface area contributed by atoms with E-state index in [9.17, 15) is 9.59 Å². The summed E-state index contributed by atoms with van der Waals surface area (Å²) in [6.07, 6.45) is 0. The second-order valence-corrected chi connectivity index (χ2v) is 9.16. The minimum atomic E-state index is -0.486. The summed E-state index contributed by atoms with van der Waals surface area (Å²) in [5.74, 6) is -0.973. The Labute approximate surface area is 185 Å². The number of thiocarbonyl (C=S) groups is 2. The fourth-order valence-corrected chi connectivity index (χ4v) is 3.97. The summed E-state index contributed by atoms with van der Waals surface area (Å²) >= 11 is 13.1. The minimum Gasteiger partial charge on any atom is -0.462 e. The Bertz CT molecular complexity index is 702. The zero-order chi connectivity index (χ0) is 21.4. The topological polar surface area (TPSA) is 59.1 Å². The van der Waals surface area contributed by atoms with Crippen molar-refractivity contribution < 1.29 is 19.1 Å². The van der Waals surface area contributed by atoms with E-state index in [0.29, 0.717) is 29.6 Å². The maximum atomic E-state index is 12.5. The molecular formula is C18H24N2O4S4. The van der Waals surface area contributed by atoms with Crippen LogP contribution in [0.25, 0.3) is 0 Å². The highest BCUT2D eigenvalue weighted by Crippen LogP contribution is 2.34. The van der Waals surface area contributed by atoms with Crippen molar-refractivity contribution in [3.05, 3.63) is 23.3 Å². The Morgan fingerprint density at radius 2 is 1.14 bits per heavy atom. The lowest BCUT2D eigenvalue weighted by Gasteiger charge is -2.19. The van der Waals surface area contributed by atoms with Crippen LogP contribution in [0.5, 0.6) is 0 Å². The molecule has 1 aromatic carbocycles. The van der Waals surface area contributed by atoms with E-state index < -0.39 is 11.9 Å². The van der Waals surface area contributed by atoms with Crippen LogP contribution in [0.4, 0.5) is 0 Å². The molecule has 0 atom stereocenters. The summed E-state index contributed by atoms with van der Waals surface area (Å²) < 4.78 is 11.5. The fourth-order valence-electron chi connectivity index (χ4n) is 1.84. The van der Waals surface area contributed by atoms with E-state index in [0.717, 1.165) is 0 Å². The van der Waals surface area contributed by atoms with Gasteiger partial charge in [-0.2, -0.15) is 0 Å². The number of hydrogen-bond acceptors (Lipinski definition) is 8. The van der Waals surface area contributed by atoms with E-state index in [2.05, 4.69) is 0 Å². The SMILES string of the molecule is CCOC(=O)c1cc(SC(=S)N(C)C)c(C(=O)OCC)cc1SC(=S)N(C)C. The number of carbonyl (C=O) groups excluding carboxylic acids is 2. The molecule has 0 fully saturated rings. The van der Waals surface area contributed by atoms with Gasteiger partial charge in [0, 0.05) is 38.0 Å². The lowest BCUT2D eigenvalue weighted by atomic mass is 10.1. The predicted octanol–water partition coefficient (Wildman–Crippen LogP) is 3.92. The molecule has 0 aromatic heterocycles. The van der Waals surface area contributed by atoms with E-state index in [-0.39, 0.29) is 13.2 Å². The van der Waals surface area contributed by atoms with Gasteiger partial charge in [0.25, 0.3) is 0 Å². The maximum absolute atomic E-state index is 12.5. The predicted molar refractivity (Wildman–Crippen MR) is 123 cm³/mol. The molecule has 0 spiro atoms. The minimum absolute atomic E-state index is 0.235. The molecule has 0 aliphatic heterocycles. The van der Waals surface area contributed by atoms with Gasteiger partial charge in [-0.25, -0.2) is 9.59 Å². The van der Waals surface area contributed by atoms with E-state index in [4.69, 9.17) is 33.9 Å². The first-order chi connectivity index (χ1) is 13.1. The second kappa shape index (κ2) is 11.6. The summed E-state index contributed by atoms with van der Waals surface area (Å²) in [5, 5.41) is 0. The van der Waals surface area contributed by atoms with E-state index in [1.165, 1.54) is 23.5 Å². The summed E-state index contributed by atoms with van der Waals surface area (Å²) in [4.78, 5) is 29.6. The number of thioether (sulfide) groups is 2. The molecule has 154 valence electrons. The van der Waals surface area contributed by atoms with Gasteiger partial charge in [0.2, 0.25) is 0 Å². The van der Waals surface area contributed by atoms with Crippen molar-refractivity contribution in [1.82, 2.24) is 9.80 Å². The number of esters is 2. The molecule has 0 unspecified atom stereocenters. The third-order valence-corrected chi connectivity index (χ3v) is 6.62. The molecular weight excluding hydrogens is 436 g/mol. The molecule has 6 nitrogen and oxygen atoms in total. The number of benzene rings is 1. The normalized spacial score (nSPS) is 10.2.